The van der Waals surface area contributed by atoms with Gasteiger partial charge in [0.25, 0.3) is 0 Å². The highest BCUT2D eigenvalue weighted by molar-refractivity contribution is 5.84. The fraction of sp³-hybridized carbons (Fsp3) is 0.818. The van der Waals surface area contributed by atoms with Crippen molar-refractivity contribution in [2.75, 3.05) is 0 Å². The molecule has 0 aliphatic heterocycles. The second kappa shape index (κ2) is 7.26. The van der Waals surface area contributed by atoms with Crippen LogP contribution in [0.5, 0.6) is 0 Å². The highest BCUT2D eigenvalue weighted by Gasteiger charge is 2.21. The first-order valence-corrected chi connectivity index (χ1v) is 5.56. The van der Waals surface area contributed by atoms with Gasteiger partial charge in [-0.2, -0.15) is 0 Å². The number of rotatable bonds is 7. The third-order valence-corrected chi connectivity index (χ3v) is 2.36. The van der Waals surface area contributed by atoms with Crippen molar-refractivity contribution >= 4 is 11.9 Å². The van der Waals surface area contributed by atoms with Gasteiger partial charge in [0.2, 0.25) is 5.91 Å². The number of nitrogens with one attached hydrogen (secondary N) is 1. The Bertz CT molecular complexity index is 216. The van der Waals surface area contributed by atoms with Crippen LogP contribution in [0.25, 0.3) is 0 Å². The lowest BCUT2D eigenvalue weighted by Gasteiger charge is -2.16. The van der Waals surface area contributed by atoms with Gasteiger partial charge in [-0.1, -0.05) is 33.6 Å². The van der Waals surface area contributed by atoms with Crippen molar-refractivity contribution in [3.63, 3.8) is 0 Å². The SMILES string of the molecule is CCC[C@H](C)C(=O)N[C@H](CCC)C(=O)O. The lowest BCUT2D eigenvalue weighted by atomic mass is 10.0. The fourth-order valence-electron chi connectivity index (χ4n) is 1.42. The van der Waals surface area contributed by atoms with Gasteiger partial charge in [0.1, 0.15) is 6.04 Å². The Morgan fingerprint density at radius 1 is 1.20 bits per heavy atom. The predicted molar refractivity (Wildman–Crippen MR) is 58.5 cm³/mol. The molecule has 0 fully saturated rings. The second-order valence-corrected chi connectivity index (χ2v) is 3.88. The van der Waals surface area contributed by atoms with Crippen molar-refractivity contribution in [1.82, 2.24) is 5.32 Å². The largest absolute Gasteiger partial charge is 0.480 e. The van der Waals surface area contributed by atoms with Crippen LogP contribution >= 0.6 is 0 Å². The minimum atomic E-state index is -0.950. The normalized spacial score (nSPS) is 14.3. The number of carbonyl (C=O) groups excluding carboxylic acids is 1. The minimum Gasteiger partial charge on any atom is -0.480 e. The molecule has 15 heavy (non-hydrogen) atoms. The molecule has 0 saturated heterocycles. The molecule has 0 unspecified atom stereocenters. The molecule has 0 bridgehead atoms. The molecule has 0 saturated carbocycles. The lowest BCUT2D eigenvalue weighted by Crippen LogP contribution is -2.43. The smallest absolute Gasteiger partial charge is 0.326 e. The van der Waals surface area contributed by atoms with E-state index in [1.54, 1.807) is 0 Å². The van der Waals surface area contributed by atoms with Gasteiger partial charge < -0.3 is 10.4 Å². The summed E-state index contributed by atoms with van der Waals surface area (Å²) in [5.74, 6) is -1.21. The molecule has 2 N–H and O–H groups in total. The van der Waals surface area contributed by atoms with Crippen LogP contribution < -0.4 is 5.32 Å². The molecule has 1 amide bonds. The quantitative estimate of drug-likeness (QED) is 0.680. The number of carboxylic acids is 1. The Kier molecular flexibility index (Phi) is 6.75. The molecule has 0 aliphatic rings. The second-order valence-electron chi connectivity index (χ2n) is 3.88. The Hall–Kier alpha value is -1.06. The summed E-state index contributed by atoms with van der Waals surface area (Å²) >= 11 is 0. The van der Waals surface area contributed by atoms with Crippen LogP contribution in [0.1, 0.15) is 46.5 Å². The van der Waals surface area contributed by atoms with E-state index < -0.39 is 12.0 Å². The summed E-state index contributed by atoms with van der Waals surface area (Å²) in [7, 11) is 0. The molecule has 0 aromatic heterocycles. The zero-order valence-corrected chi connectivity index (χ0v) is 9.75. The molecule has 4 heteroatoms. The summed E-state index contributed by atoms with van der Waals surface area (Å²) in [6, 6.07) is -0.734. The molecule has 0 aliphatic carbocycles. The van der Waals surface area contributed by atoms with E-state index in [0.29, 0.717) is 6.42 Å². The van der Waals surface area contributed by atoms with E-state index in [0.717, 1.165) is 19.3 Å². The van der Waals surface area contributed by atoms with Crippen LogP contribution in [0.15, 0.2) is 0 Å². The molecule has 0 spiro atoms. The summed E-state index contributed by atoms with van der Waals surface area (Å²) in [5.41, 5.74) is 0. The first-order chi connectivity index (χ1) is 7.02. The van der Waals surface area contributed by atoms with Crippen LogP contribution in [0, 0.1) is 5.92 Å². The van der Waals surface area contributed by atoms with Crippen LogP contribution in [-0.2, 0) is 9.59 Å². The van der Waals surface area contributed by atoms with Crippen LogP contribution in [0.4, 0.5) is 0 Å². The maximum absolute atomic E-state index is 11.5. The summed E-state index contributed by atoms with van der Waals surface area (Å²) < 4.78 is 0. The van der Waals surface area contributed by atoms with Gasteiger partial charge in [0.15, 0.2) is 0 Å². The molecular formula is C11H21NO3. The van der Waals surface area contributed by atoms with Crippen LogP contribution in [0.2, 0.25) is 0 Å². The average molecular weight is 215 g/mol. The van der Waals surface area contributed by atoms with Crippen LogP contribution in [-0.4, -0.2) is 23.0 Å². The van der Waals surface area contributed by atoms with Crippen molar-refractivity contribution in [2.45, 2.75) is 52.5 Å². The monoisotopic (exact) mass is 215 g/mol. The van der Waals surface area contributed by atoms with Gasteiger partial charge in [-0.05, 0) is 12.8 Å². The number of carboxylic acid groups (broad SMARTS) is 1. The first kappa shape index (κ1) is 13.9. The highest BCUT2D eigenvalue weighted by Crippen LogP contribution is 2.06. The molecular weight excluding hydrogens is 194 g/mol. The summed E-state index contributed by atoms with van der Waals surface area (Å²) in [4.78, 5) is 22.3. The highest BCUT2D eigenvalue weighted by atomic mass is 16.4. The van der Waals surface area contributed by atoms with E-state index in [-0.39, 0.29) is 11.8 Å². The lowest BCUT2D eigenvalue weighted by molar-refractivity contribution is -0.142. The van der Waals surface area contributed by atoms with Gasteiger partial charge in [0.05, 0.1) is 0 Å². The van der Waals surface area contributed by atoms with Gasteiger partial charge in [-0.25, -0.2) is 4.79 Å². The molecule has 4 nitrogen and oxygen atoms in total. The Balaban J connectivity index is 4.15. The van der Waals surface area contributed by atoms with E-state index in [9.17, 15) is 9.59 Å². The van der Waals surface area contributed by atoms with E-state index in [4.69, 9.17) is 5.11 Å². The van der Waals surface area contributed by atoms with E-state index in [1.807, 2.05) is 20.8 Å². The van der Waals surface area contributed by atoms with E-state index in [2.05, 4.69) is 5.32 Å². The molecule has 0 radical (unpaired) electrons. The van der Waals surface area contributed by atoms with Gasteiger partial charge >= 0.3 is 5.97 Å². The number of amides is 1. The summed E-state index contributed by atoms with van der Waals surface area (Å²) in [6.45, 7) is 5.73. The zero-order valence-electron chi connectivity index (χ0n) is 9.75. The average Bonchev–Trinajstić information content (AvgIpc) is 2.17. The van der Waals surface area contributed by atoms with Gasteiger partial charge in [-0.3, -0.25) is 4.79 Å². The number of hydrogen-bond acceptors (Lipinski definition) is 2. The third-order valence-electron chi connectivity index (χ3n) is 2.36. The van der Waals surface area contributed by atoms with Crippen molar-refractivity contribution in [2.24, 2.45) is 5.92 Å². The summed E-state index contributed by atoms with van der Waals surface area (Å²) in [6.07, 6.45) is 2.96. The Morgan fingerprint density at radius 3 is 2.13 bits per heavy atom. The summed E-state index contributed by atoms with van der Waals surface area (Å²) in [5, 5.41) is 11.4. The molecule has 2 atom stereocenters. The standard InChI is InChI=1S/C11H21NO3/c1-4-6-8(3)10(13)12-9(7-5-2)11(14)15/h8-9H,4-7H2,1-3H3,(H,12,13)(H,14,15)/t8-,9+/m0/s1. The fourth-order valence-corrected chi connectivity index (χ4v) is 1.42. The van der Waals surface area contributed by atoms with Crippen LogP contribution in [0.3, 0.4) is 0 Å². The Morgan fingerprint density at radius 2 is 1.73 bits per heavy atom. The van der Waals surface area contributed by atoms with Gasteiger partial charge in [-0.15, -0.1) is 0 Å². The topological polar surface area (TPSA) is 66.4 Å². The Labute approximate surface area is 91.1 Å². The van der Waals surface area contributed by atoms with Crippen molar-refractivity contribution in [3.05, 3.63) is 0 Å². The number of hydrogen-bond donors (Lipinski definition) is 2. The molecule has 0 aromatic carbocycles. The maximum Gasteiger partial charge on any atom is 0.326 e. The van der Waals surface area contributed by atoms with E-state index >= 15 is 0 Å². The number of carbonyl (C=O) groups is 2. The molecule has 0 aromatic rings. The molecule has 88 valence electrons. The number of aliphatic carboxylic acids is 1. The molecule has 0 rings (SSSR count). The van der Waals surface area contributed by atoms with Crippen molar-refractivity contribution in [3.8, 4) is 0 Å². The third kappa shape index (κ3) is 5.40. The minimum absolute atomic E-state index is 0.103. The maximum atomic E-state index is 11.5. The van der Waals surface area contributed by atoms with Crippen molar-refractivity contribution in [1.29, 1.82) is 0 Å². The first-order valence-electron chi connectivity index (χ1n) is 5.56. The predicted octanol–water partition coefficient (Wildman–Crippen LogP) is 1.79. The zero-order chi connectivity index (χ0) is 11.8. The van der Waals surface area contributed by atoms with E-state index in [1.165, 1.54) is 0 Å². The van der Waals surface area contributed by atoms with Crippen molar-refractivity contribution < 1.29 is 14.7 Å². The van der Waals surface area contributed by atoms with Gasteiger partial charge in [0, 0.05) is 5.92 Å². The molecule has 0 heterocycles.